The zero-order chi connectivity index (χ0) is 22.9. The minimum atomic E-state index is 0.304. The second kappa shape index (κ2) is 9.01. The summed E-state index contributed by atoms with van der Waals surface area (Å²) in [7, 11) is 0. The summed E-state index contributed by atoms with van der Waals surface area (Å²) in [5.41, 5.74) is 6.69. The maximum absolute atomic E-state index is 6.49. The Labute approximate surface area is 200 Å². The number of rotatable bonds is 5. The summed E-state index contributed by atoms with van der Waals surface area (Å²) in [6, 6.07) is 17.3. The van der Waals surface area contributed by atoms with Crippen LogP contribution in [0.4, 0.5) is 11.4 Å². The normalized spacial score (nSPS) is 17.0. The maximum atomic E-state index is 6.49. The highest BCUT2D eigenvalue weighted by molar-refractivity contribution is 5.92. The van der Waals surface area contributed by atoms with Gasteiger partial charge in [0, 0.05) is 43.6 Å². The number of hydrogen-bond acceptors (Lipinski definition) is 5. The van der Waals surface area contributed by atoms with Crippen molar-refractivity contribution in [3.05, 3.63) is 66.6 Å². The Morgan fingerprint density at radius 2 is 1.59 bits per heavy atom. The van der Waals surface area contributed by atoms with Crippen molar-refractivity contribution >= 4 is 22.3 Å². The molecule has 4 aromatic rings. The van der Waals surface area contributed by atoms with Gasteiger partial charge in [-0.05, 0) is 68.5 Å². The van der Waals surface area contributed by atoms with Gasteiger partial charge in [0.2, 0.25) is 0 Å². The molecule has 1 N–H and O–H groups in total. The van der Waals surface area contributed by atoms with E-state index in [1.807, 2.05) is 19.3 Å². The third-order valence-electron chi connectivity index (χ3n) is 7.23. The van der Waals surface area contributed by atoms with E-state index in [-0.39, 0.29) is 0 Å². The molecule has 6 heteroatoms. The van der Waals surface area contributed by atoms with Crippen LogP contribution >= 0.6 is 0 Å². The van der Waals surface area contributed by atoms with Crippen LogP contribution in [0.2, 0.25) is 0 Å². The lowest BCUT2D eigenvalue weighted by Crippen LogP contribution is -2.46. The first-order valence-corrected chi connectivity index (χ1v) is 12.4. The van der Waals surface area contributed by atoms with E-state index in [2.05, 4.69) is 73.5 Å². The second-order valence-corrected chi connectivity index (χ2v) is 9.47. The van der Waals surface area contributed by atoms with Crippen molar-refractivity contribution in [1.29, 1.82) is 0 Å². The molecule has 1 aliphatic carbocycles. The lowest BCUT2D eigenvalue weighted by Gasteiger charge is -2.37. The SMILES string of the molecule is Cc1n[nH]c2cc(-c3cncc(N4CCN(c5ccccc5)CC4)c3)cc(OC3CCCC3)c12. The standard InChI is InChI=1S/C28H31N5O/c1-20-28-26(31-30-20)16-21(17-27(28)34-25-9-5-6-10-25)22-15-24(19-29-18-22)33-13-11-32(12-14-33)23-7-3-2-4-8-23/h2-4,7-8,15-19,25H,5-6,9-14H2,1H3,(H,30,31). The molecule has 0 unspecified atom stereocenters. The minimum Gasteiger partial charge on any atom is -0.490 e. The van der Waals surface area contributed by atoms with Gasteiger partial charge in [0.1, 0.15) is 5.75 Å². The van der Waals surface area contributed by atoms with E-state index in [9.17, 15) is 0 Å². The van der Waals surface area contributed by atoms with Gasteiger partial charge >= 0.3 is 0 Å². The summed E-state index contributed by atoms with van der Waals surface area (Å²) in [6.07, 6.45) is 9.01. The molecule has 0 radical (unpaired) electrons. The molecule has 0 bridgehead atoms. The molecule has 3 heterocycles. The fourth-order valence-corrected chi connectivity index (χ4v) is 5.34. The van der Waals surface area contributed by atoms with Crippen LogP contribution in [0.25, 0.3) is 22.0 Å². The number of aryl methyl sites for hydroxylation is 1. The molecule has 2 aliphatic rings. The number of anilines is 2. The van der Waals surface area contributed by atoms with E-state index in [1.54, 1.807) is 0 Å². The highest BCUT2D eigenvalue weighted by atomic mass is 16.5. The zero-order valence-corrected chi connectivity index (χ0v) is 19.7. The molecule has 6 rings (SSSR count). The van der Waals surface area contributed by atoms with Crippen molar-refractivity contribution in [3.8, 4) is 16.9 Å². The van der Waals surface area contributed by atoms with Crippen LogP contribution in [0.5, 0.6) is 5.75 Å². The molecular weight excluding hydrogens is 422 g/mol. The van der Waals surface area contributed by atoms with Gasteiger partial charge < -0.3 is 14.5 Å². The lowest BCUT2D eigenvalue weighted by atomic mass is 10.0. The minimum absolute atomic E-state index is 0.304. The smallest absolute Gasteiger partial charge is 0.131 e. The van der Waals surface area contributed by atoms with Crippen LogP contribution in [-0.2, 0) is 0 Å². The van der Waals surface area contributed by atoms with E-state index in [4.69, 9.17) is 4.74 Å². The van der Waals surface area contributed by atoms with Crippen molar-refractivity contribution in [2.45, 2.75) is 38.7 Å². The summed E-state index contributed by atoms with van der Waals surface area (Å²) in [5, 5.41) is 8.74. The fraction of sp³-hybridized carbons (Fsp3) is 0.357. The number of aromatic nitrogens is 3. The molecule has 0 spiro atoms. The lowest BCUT2D eigenvalue weighted by molar-refractivity contribution is 0.213. The van der Waals surface area contributed by atoms with Gasteiger partial charge in [0.25, 0.3) is 0 Å². The molecule has 6 nitrogen and oxygen atoms in total. The number of benzene rings is 2. The second-order valence-electron chi connectivity index (χ2n) is 9.47. The number of fused-ring (bicyclic) bond motifs is 1. The number of nitrogens with zero attached hydrogens (tertiary/aromatic N) is 4. The maximum Gasteiger partial charge on any atom is 0.131 e. The fourth-order valence-electron chi connectivity index (χ4n) is 5.34. The first-order valence-electron chi connectivity index (χ1n) is 12.4. The number of ether oxygens (including phenoxy) is 1. The third kappa shape index (κ3) is 4.09. The number of piperazine rings is 1. The Balaban J connectivity index is 1.26. The predicted molar refractivity (Wildman–Crippen MR) is 138 cm³/mol. The van der Waals surface area contributed by atoms with Gasteiger partial charge in [-0.15, -0.1) is 0 Å². The molecule has 34 heavy (non-hydrogen) atoms. The molecule has 2 fully saturated rings. The number of H-pyrrole nitrogens is 1. The molecule has 0 amide bonds. The molecule has 2 aromatic heterocycles. The molecular formula is C28H31N5O. The number of nitrogens with one attached hydrogen (secondary N) is 1. The summed E-state index contributed by atoms with van der Waals surface area (Å²) >= 11 is 0. The van der Waals surface area contributed by atoms with Crippen LogP contribution in [0.3, 0.4) is 0 Å². The highest BCUT2D eigenvalue weighted by Crippen LogP contribution is 2.36. The Morgan fingerprint density at radius 3 is 2.35 bits per heavy atom. The van der Waals surface area contributed by atoms with E-state index < -0.39 is 0 Å². The van der Waals surface area contributed by atoms with Gasteiger partial charge in [-0.1, -0.05) is 18.2 Å². The first-order chi connectivity index (χ1) is 16.7. The summed E-state index contributed by atoms with van der Waals surface area (Å²) in [4.78, 5) is 9.50. The molecule has 1 saturated carbocycles. The van der Waals surface area contributed by atoms with E-state index in [0.717, 1.165) is 72.5 Å². The van der Waals surface area contributed by atoms with Gasteiger partial charge in [-0.2, -0.15) is 5.10 Å². The van der Waals surface area contributed by atoms with Crippen molar-refractivity contribution < 1.29 is 4.74 Å². The van der Waals surface area contributed by atoms with E-state index in [0.29, 0.717) is 6.10 Å². The van der Waals surface area contributed by atoms with Crippen molar-refractivity contribution in [3.63, 3.8) is 0 Å². The highest BCUT2D eigenvalue weighted by Gasteiger charge is 2.21. The number of pyridine rings is 1. The zero-order valence-electron chi connectivity index (χ0n) is 19.7. The first kappa shape index (κ1) is 21.0. The van der Waals surface area contributed by atoms with E-state index in [1.165, 1.54) is 24.2 Å². The Kier molecular flexibility index (Phi) is 5.57. The summed E-state index contributed by atoms with van der Waals surface area (Å²) < 4.78 is 6.49. The topological polar surface area (TPSA) is 57.3 Å². The Morgan fingerprint density at radius 1 is 0.853 bits per heavy atom. The largest absolute Gasteiger partial charge is 0.490 e. The van der Waals surface area contributed by atoms with Crippen molar-refractivity contribution in [1.82, 2.24) is 15.2 Å². The van der Waals surface area contributed by atoms with Gasteiger partial charge in [0.15, 0.2) is 0 Å². The van der Waals surface area contributed by atoms with Gasteiger partial charge in [-0.3, -0.25) is 10.1 Å². The molecule has 0 atom stereocenters. The van der Waals surface area contributed by atoms with Crippen LogP contribution in [0, 0.1) is 6.92 Å². The van der Waals surface area contributed by atoms with Crippen molar-refractivity contribution in [2.75, 3.05) is 36.0 Å². The van der Waals surface area contributed by atoms with Crippen LogP contribution in [-0.4, -0.2) is 47.5 Å². The van der Waals surface area contributed by atoms with Gasteiger partial charge in [0.05, 0.1) is 34.6 Å². The van der Waals surface area contributed by atoms with Crippen LogP contribution in [0.1, 0.15) is 31.4 Å². The average molecular weight is 454 g/mol. The third-order valence-corrected chi connectivity index (χ3v) is 7.23. The molecule has 174 valence electrons. The quantitative estimate of drug-likeness (QED) is 0.427. The average Bonchev–Trinajstić information content (AvgIpc) is 3.54. The summed E-state index contributed by atoms with van der Waals surface area (Å²) in [6.45, 7) is 6.01. The number of hydrogen-bond donors (Lipinski definition) is 1. The van der Waals surface area contributed by atoms with E-state index >= 15 is 0 Å². The van der Waals surface area contributed by atoms with Gasteiger partial charge in [-0.25, -0.2) is 0 Å². The number of para-hydroxylation sites is 1. The molecule has 1 saturated heterocycles. The predicted octanol–water partition coefficient (Wildman–Crippen LogP) is 5.58. The monoisotopic (exact) mass is 453 g/mol. The summed E-state index contributed by atoms with van der Waals surface area (Å²) in [5.74, 6) is 0.938. The Bertz CT molecular complexity index is 1270. The molecule has 1 aliphatic heterocycles. The van der Waals surface area contributed by atoms with Crippen LogP contribution < -0.4 is 14.5 Å². The van der Waals surface area contributed by atoms with Crippen LogP contribution in [0.15, 0.2) is 60.9 Å². The molecule has 2 aromatic carbocycles. The van der Waals surface area contributed by atoms with Crippen molar-refractivity contribution in [2.24, 2.45) is 0 Å². The Hall–Kier alpha value is -3.54. The number of aromatic amines is 1.